The number of rotatable bonds is 4. The van der Waals surface area contributed by atoms with Gasteiger partial charge in [0, 0.05) is 0 Å². The summed E-state index contributed by atoms with van der Waals surface area (Å²) in [7, 11) is 0. The van der Waals surface area contributed by atoms with E-state index in [4.69, 9.17) is 0 Å². The summed E-state index contributed by atoms with van der Waals surface area (Å²) >= 11 is 0. The Morgan fingerprint density at radius 2 is 1.40 bits per heavy atom. The lowest BCUT2D eigenvalue weighted by Crippen LogP contribution is -2.15. The predicted octanol–water partition coefficient (Wildman–Crippen LogP) is 3.27. The van der Waals surface area contributed by atoms with Crippen molar-refractivity contribution in [2.45, 2.75) is 34.1 Å². The Morgan fingerprint density at radius 1 is 1.00 bits per heavy atom. The van der Waals surface area contributed by atoms with Crippen LogP contribution in [0.2, 0.25) is 0 Å². The van der Waals surface area contributed by atoms with Crippen LogP contribution in [0.1, 0.15) is 34.1 Å². The fourth-order valence-electron chi connectivity index (χ4n) is 1.56. The Labute approximate surface area is 63.8 Å². The molecule has 62 valence electrons. The lowest BCUT2D eigenvalue weighted by Gasteiger charge is -2.23. The SMILES string of the molecule is CC(C)C(CCF)C(C)C. The van der Waals surface area contributed by atoms with E-state index < -0.39 is 0 Å². The molecule has 0 unspecified atom stereocenters. The molecule has 0 N–H and O–H groups in total. The van der Waals surface area contributed by atoms with Crippen LogP contribution in [0.25, 0.3) is 0 Å². The lowest BCUT2D eigenvalue weighted by molar-refractivity contribution is 0.244. The molecule has 10 heavy (non-hydrogen) atoms. The van der Waals surface area contributed by atoms with Crippen LogP contribution >= 0.6 is 0 Å². The number of alkyl halides is 1. The summed E-state index contributed by atoms with van der Waals surface area (Å²) in [6.45, 7) is 8.50. The molecule has 0 aromatic carbocycles. The van der Waals surface area contributed by atoms with E-state index in [1.54, 1.807) is 0 Å². The van der Waals surface area contributed by atoms with Crippen molar-refractivity contribution in [2.75, 3.05) is 6.67 Å². The second kappa shape index (κ2) is 4.70. The third kappa shape index (κ3) is 3.19. The highest BCUT2D eigenvalue weighted by Gasteiger charge is 2.16. The maximum atomic E-state index is 12.0. The first-order chi connectivity index (χ1) is 4.59. The molecule has 0 atom stereocenters. The van der Waals surface area contributed by atoms with E-state index >= 15 is 0 Å². The van der Waals surface area contributed by atoms with E-state index in [-0.39, 0.29) is 6.67 Å². The molecule has 0 aromatic rings. The Morgan fingerprint density at radius 3 is 1.50 bits per heavy atom. The minimum absolute atomic E-state index is 0.166. The highest BCUT2D eigenvalue weighted by Crippen LogP contribution is 2.23. The first kappa shape index (κ1) is 9.93. The molecule has 0 aliphatic rings. The molecule has 0 radical (unpaired) electrons. The zero-order chi connectivity index (χ0) is 8.15. The molecule has 0 nitrogen and oxygen atoms in total. The van der Waals surface area contributed by atoms with Gasteiger partial charge in [-0.2, -0.15) is 0 Å². The van der Waals surface area contributed by atoms with Crippen LogP contribution in [0.15, 0.2) is 0 Å². The molecule has 0 saturated heterocycles. The average molecular weight is 146 g/mol. The highest BCUT2D eigenvalue weighted by molar-refractivity contribution is 4.65. The Hall–Kier alpha value is -0.0700. The van der Waals surface area contributed by atoms with Gasteiger partial charge in [-0.1, -0.05) is 27.7 Å². The standard InChI is InChI=1S/C9H19F/c1-7(2)9(5-6-10)8(3)4/h7-9H,5-6H2,1-4H3. The van der Waals surface area contributed by atoms with E-state index in [1.165, 1.54) is 0 Å². The van der Waals surface area contributed by atoms with Gasteiger partial charge in [0.1, 0.15) is 0 Å². The van der Waals surface area contributed by atoms with Crippen LogP contribution in [0, 0.1) is 17.8 Å². The van der Waals surface area contributed by atoms with E-state index in [1.807, 2.05) is 0 Å². The highest BCUT2D eigenvalue weighted by atomic mass is 19.1. The molecule has 0 spiro atoms. The summed E-state index contributed by atoms with van der Waals surface area (Å²) in [5.74, 6) is 1.80. The van der Waals surface area contributed by atoms with Gasteiger partial charge in [0.05, 0.1) is 6.67 Å². The number of halogens is 1. The molecule has 0 aliphatic heterocycles. The molecule has 0 rings (SSSR count). The van der Waals surface area contributed by atoms with Crippen LogP contribution in [-0.2, 0) is 0 Å². The molecule has 0 aliphatic carbocycles. The molecular weight excluding hydrogens is 127 g/mol. The maximum absolute atomic E-state index is 12.0. The summed E-state index contributed by atoms with van der Waals surface area (Å²) in [6, 6.07) is 0. The first-order valence-corrected chi connectivity index (χ1v) is 4.15. The van der Waals surface area contributed by atoms with Crippen molar-refractivity contribution in [1.82, 2.24) is 0 Å². The quantitative estimate of drug-likeness (QED) is 0.571. The first-order valence-electron chi connectivity index (χ1n) is 4.15. The molecule has 1 heteroatoms. The zero-order valence-corrected chi connectivity index (χ0v) is 7.52. The van der Waals surface area contributed by atoms with Gasteiger partial charge < -0.3 is 0 Å². The summed E-state index contributed by atoms with van der Waals surface area (Å²) in [5, 5.41) is 0. The molecular formula is C9H19F. The lowest BCUT2D eigenvalue weighted by atomic mass is 9.83. The van der Waals surface area contributed by atoms with Crippen molar-refractivity contribution in [3.8, 4) is 0 Å². The van der Waals surface area contributed by atoms with E-state index in [0.29, 0.717) is 17.8 Å². The molecule has 0 saturated carbocycles. The van der Waals surface area contributed by atoms with Crippen LogP contribution in [-0.4, -0.2) is 6.67 Å². The molecule has 0 bridgehead atoms. The van der Waals surface area contributed by atoms with Crippen LogP contribution in [0.5, 0.6) is 0 Å². The summed E-state index contributed by atoms with van der Waals surface area (Å²) < 4.78 is 12.0. The molecule has 0 fully saturated rings. The Kier molecular flexibility index (Phi) is 4.67. The third-order valence-corrected chi connectivity index (χ3v) is 2.16. The fraction of sp³-hybridized carbons (Fsp3) is 1.00. The molecule has 0 aromatic heterocycles. The second-order valence-corrected chi connectivity index (χ2v) is 3.63. The van der Waals surface area contributed by atoms with Gasteiger partial charge in [-0.3, -0.25) is 4.39 Å². The monoisotopic (exact) mass is 146 g/mol. The average Bonchev–Trinajstić information content (AvgIpc) is 1.81. The summed E-state index contributed by atoms with van der Waals surface area (Å²) in [5.41, 5.74) is 0. The fourth-order valence-corrected chi connectivity index (χ4v) is 1.56. The topological polar surface area (TPSA) is 0 Å². The van der Waals surface area contributed by atoms with Gasteiger partial charge in [-0.15, -0.1) is 0 Å². The minimum atomic E-state index is -0.166. The summed E-state index contributed by atoms with van der Waals surface area (Å²) in [6.07, 6.45) is 0.731. The van der Waals surface area contributed by atoms with Crippen LogP contribution < -0.4 is 0 Å². The minimum Gasteiger partial charge on any atom is -0.251 e. The number of hydrogen-bond acceptors (Lipinski definition) is 0. The van der Waals surface area contributed by atoms with Gasteiger partial charge in [0.15, 0.2) is 0 Å². The van der Waals surface area contributed by atoms with Crippen molar-refractivity contribution in [3.63, 3.8) is 0 Å². The van der Waals surface area contributed by atoms with Gasteiger partial charge in [-0.05, 0) is 24.2 Å². The molecule has 0 heterocycles. The van der Waals surface area contributed by atoms with Gasteiger partial charge >= 0.3 is 0 Å². The summed E-state index contributed by atoms with van der Waals surface area (Å²) in [4.78, 5) is 0. The normalized spacial score (nSPS) is 12.0. The van der Waals surface area contributed by atoms with E-state index in [0.717, 1.165) is 6.42 Å². The Balaban J connectivity index is 3.73. The van der Waals surface area contributed by atoms with Gasteiger partial charge in [-0.25, -0.2) is 0 Å². The second-order valence-electron chi connectivity index (χ2n) is 3.63. The van der Waals surface area contributed by atoms with Gasteiger partial charge in [0.2, 0.25) is 0 Å². The van der Waals surface area contributed by atoms with Crippen molar-refractivity contribution < 1.29 is 4.39 Å². The third-order valence-electron chi connectivity index (χ3n) is 2.16. The van der Waals surface area contributed by atoms with Crippen LogP contribution in [0.4, 0.5) is 4.39 Å². The van der Waals surface area contributed by atoms with E-state index in [2.05, 4.69) is 27.7 Å². The van der Waals surface area contributed by atoms with Crippen LogP contribution in [0.3, 0.4) is 0 Å². The van der Waals surface area contributed by atoms with Gasteiger partial charge in [0.25, 0.3) is 0 Å². The molecule has 0 amide bonds. The maximum Gasteiger partial charge on any atom is 0.0897 e. The van der Waals surface area contributed by atoms with Crippen molar-refractivity contribution >= 4 is 0 Å². The predicted molar refractivity (Wildman–Crippen MR) is 43.8 cm³/mol. The zero-order valence-electron chi connectivity index (χ0n) is 7.52. The van der Waals surface area contributed by atoms with E-state index in [9.17, 15) is 4.39 Å². The largest absolute Gasteiger partial charge is 0.251 e. The smallest absolute Gasteiger partial charge is 0.0897 e. The van der Waals surface area contributed by atoms with Crippen molar-refractivity contribution in [2.24, 2.45) is 17.8 Å². The Bertz CT molecular complexity index is 68.8. The van der Waals surface area contributed by atoms with Crippen molar-refractivity contribution in [1.29, 1.82) is 0 Å². The number of hydrogen-bond donors (Lipinski definition) is 0. The van der Waals surface area contributed by atoms with Crippen molar-refractivity contribution in [3.05, 3.63) is 0 Å².